The van der Waals surface area contributed by atoms with Crippen molar-refractivity contribution in [2.24, 2.45) is 0 Å². The lowest BCUT2D eigenvalue weighted by Gasteiger charge is -0.269. The van der Waals surface area contributed by atoms with Crippen molar-refractivity contribution in [2.75, 3.05) is 0 Å². The summed E-state index contributed by atoms with van der Waals surface area (Å²) in [7, 11) is 0. The van der Waals surface area contributed by atoms with E-state index in [9.17, 15) is 0 Å². The Labute approximate surface area is 28.5 Å². The van der Waals surface area contributed by atoms with Gasteiger partial charge in [0.1, 0.15) is 0 Å². The Bertz CT molecular complexity index is 8.00. The molecule has 0 saturated carbocycles. The number of halogens is 1. The van der Waals surface area contributed by atoms with E-state index >= 15 is 0 Å². The zero-order chi connectivity index (χ0) is 0. The molecule has 0 aromatic carbocycles. The highest BCUT2D eigenvalue weighted by molar-refractivity contribution is 5.75. The van der Waals surface area contributed by atoms with Gasteiger partial charge in [0.25, 0.3) is 0 Å². The zero-order valence-corrected chi connectivity index (χ0v) is 2.76. The Morgan fingerprint density at radius 1 is 1.00 bits per heavy atom. The molecule has 0 aliphatic rings. The summed E-state index contributed by atoms with van der Waals surface area (Å²) in [6.45, 7) is 0. The molecule has 0 N–H and O–H groups in total. The fourth-order valence-corrected chi connectivity index (χ4v) is 0. The lowest BCUT2D eigenvalue weighted by molar-refractivity contribution is 0.686. The van der Waals surface area contributed by atoms with Crippen molar-refractivity contribution in [2.45, 2.75) is 0 Å². The average Bonchev–Trinajstić information content (AvgIpc) is 0. The van der Waals surface area contributed by atoms with Crippen molar-refractivity contribution in [1.82, 2.24) is 6.15 Å². The summed E-state index contributed by atoms with van der Waals surface area (Å²) in [6, 6.07) is 0. The summed E-state index contributed by atoms with van der Waals surface area (Å²) in [5.41, 5.74) is 0. The molecule has 9 radical (unpaired) electrons. The van der Waals surface area contributed by atoms with Gasteiger partial charge in [0.2, 0.25) is 0 Å². The minimum absolute atomic E-state index is 0. The van der Waals surface area contributed by atoms with E-state index in [4.69, 9.17) is 0 Å². The van der Waals surface area contributed by atoms with E-state index in [2.05, 4.69) is 0 Å². The standard InChI is InChI=1S/FH.N.O.Si/h1H;;;. The monoisotopic (exact) mass is 78.0 g/mol. The van der Waals surface area contributed by atoms with Gasteiger partial charge < -0.3 is 0 Å². The molecule has 23 valence electrons. The number of rotatable bonds is 0. The van der Waals surface area contributed by atoms with Gasteiger partial charge in [-0.2, -0.15) is 0 Å². The van der Waals surface area contributed by atoms with E-state index in [-0.39, 0.29) is 27.3 Å². The van der Waals surface area contributed by atoms with Gasteiger partial charge in [0.05, 0.1) is 0 Å². The van der Waals surface area contributed by atoms with Crippen LogP contribution in [0.3, 0.4) is 0 Å². The van der Waals surface area contributed by atoms with Crippen LogP contribution < -0.4 is 6.15 Å². The Kier molecular flexibility index (Phi) is 6260000. The van der Waals surface area contributed by atoms with Crippen molar-refractivity contribution in [3.63, 3.8) is 0 Å². The van der Waals surface area contributed by atoms with E-state index in [1.165, 1.54) is 0 Å². The van der Waals surface area contributed by atoms with Crippen molar-refractivity contribution < 1.29 is 10.2 Å². The lowest BCUT2D eigenvalue weighted by atomic mass is 14.0. The molecule has 4 heteroatoms. The van der Waals surface area contributed by atoms with Crippen LogP contribution in [0, 0.1) is 0 Å². The van der Waals surface area contributed by atoms with Crippen LogP contribution in [-0.2, 0) is 5.48 Å². The molecule has 0 amide bonds. The average molecular weight is 78.1 g/mol. The Hall–Kier alpha value is 0.0669. The summed E-state index contributed by atoms with van der Waals surface area (Å²) in [4.78, 5) is 0. The van der Waals surface area contributed by atoms with Crippen LogP contribution >= 0.6 is 0 Å². The first kappa shape index (κ1) is 8550. The van der Waals surface area contributed by atoms with Gasteiger partial charge in [-0.05, 0) is 0 Å². The maximum atomic E-state index is 0. The van der Waals surface area contributed by atoms with E-state index < -0.39 is 0 Å². The van der Waals surface area contributed by atoms with Crippen LogP contribution in [0.5, 0.6) is 0 Å². The molecule has 0 spiro atoms. The molecule has 0 atom stereocenters. The molecule has 0 aromatic heterocycles. The third-order valence-corrected chi connectivity index (χ3v) is 0. The molecule has 2 nitrogen and oxygen atoms in total. The van der Waals surface area contributed by atoms with Crippen LogP contribution in [-0.4, -0.2) is 11.0 Å². The highest BCUT2D eigenvalue weighted by Gasteiger charge is 0.00201. The first-order chi connectivity index (χ1) is 0. The maximum absolute atomic E-state index is 0. The fraction of sp³-hybridized carbons (Fsp3) is 0. The lowest BCUT2D eigenvalue weighted by Crippen LogP contribution is -0.481. The first-order valence-corrected chi connectivity index (χ1v) is 0. The summed E-state index contributed by atoms with van der Waals surface area (Å²) in [5, 5.41) is 0. The second-order valence-corrected chi connectivity index (χ2v) is 0. The predicted molar refractivity (Wildman–Crippen MR) is 11.1 cm³/mol. The van der Waals surface area contributed by atoms with Gasteiger partial charge in [-0.15, -0.1) is 0 Å². The largest absolute Gasteiger partial charge is 0.269 e. The topological polar surface area (TPSA) is 59.0 Å². The molecule has 0 fully saturated rings. The Morgan fingerprint density at radius 3 is 1.00 bits per heavy atom. The maximum Gasteiger partial charge on any atom is 0 e. The van der Waals surface area contributed by atoms with Crippen molar-refractivity contribution >= 4 is 11.0 Å². The highest BCUT2D eigenvalue weighted by atomic mass is 28.1. The van der Waals surface area contributed by atoms with Gasteiger partial charge >= 0.3 is 0 Å². The van der Waals surface area contributed by atoms with Crippen LogP contribution in [0.2, 0.25) is 0 Å². The van der Waals surface area contributed by atoms with Gasteiger partial charge in [-0.25, -0.2) is 0 Å². The second kappa shape index (κ2) is 2930. The van der Waals surface area contributed by atoms with Crippen LogP contribution in [0.15, 0.2) is 0 Å². The Balaban J connectivity index is 0. The predicted octanol–water partition coefficient (Wildman–Crippen LogP) is -0.828. The van der Waals surface area contributed by atoms with Crippen molar-refractivity contribution in [3.8, 4) is 0 Å². The molecule has 0 bridgehead atoms. The smallest absolute Gasteiger partial charge is 0 e. The highest BCUT2D eigenvalue weighted by Crippen LogP contribution is 0.420. The summed E-state index contributed by atoms with van der Waals surface area (Å²) < 4.78 is 0. The number of nitrogens with zero attached hydrogens (tertiary/aromatic N) is 1. The van der Waals surface area contributed by atoms with Gasteiger partial charge in [0.15, 0.2) is 0 Å². The first-order valence-electron chi connectivity index (χ1n) is 0. The fourth-order valence-electron chi connectivity index (χ4n) is 0. The van der Waals surface area contributed by atoms with Crippen molar-refractivity contribution in [3.05, 3.63) is 0 Å². The molecule has 0 rings (SSSR count). The van der Waals surface area contributed by atoms with Gasteiger partial charge in [0, 0.05) is 22.6 Å². The molecule has 4 heavy (non-hydrogen) atoms. The normalized spacial score (nSPS) is 0. The SMILES string of the molecule is F.[N].[O].[Si]. The third kappa shape index (κ3) is 526. The summed E-state index contributed by atoms with van der Waals surface area (Å²) in [6.07, 6.45) is 0. The van der Waals surface area contributed by atoms with Crippen molar-refractivity contribution in [1.29, 1.82) is 0 Å². The molecule has 0 aliphatic heterocycles. The van der Waals surface area contributed by atoms with Crippen LogP contribution in [0.4, 0.5) is 4.70 Å². The number of hydrogen-bond acceptors (Lipinski definition) is 0. The van der Waals surface area contributed by atoms with E-state index in [0.717, 1.165) is 0 Å². The summed E-state index contributed by atoms with van der Waals surface area (Å²) >= 11 is 0. The van der Waals surface area contributed by atoms with Gasteiger partial charge in [-0.1, -0.05) is 0 Å². The molecular formula is HFNOSi. The second-order valence-electron chi connectivity index (χ2n) is 0. The van der Waals surface area contributed by atoms with E-state index in [0.29, 0.717) is 0 Å². The molecule has 0 aliphatic carbocycles. The minimum atomic E-state index is 0. The zero-order valence-electron chi connectivity index (χ0n) is 1.76. The minimum Gasteiger partial charge on any atom is -0.269 e. The van der Waals surface area contributed by atoms with Gasteiger partial charge in [-0.3, -0.25) is 4.70 Å². The molecular weight excluding hydrogens is 77.1 g/mol. The van der Waals surface area contributed by atoms with Crippen LogP contribution in [0.1, 0.15) is 0 Å². The van der Waals surface area contributed by atoms with Crippen LogP contribution in [0.25, 0.3) is 0 Å². The molecule has 0 aromatic rings. The van der Waals surface area contributed by atoms with E-state index in [1.807, 2.05) is 0 Å². The third-order valence-electron chi connectivity index (χ3n) is 0. The van der Waals surface area contributed by atoms with E-state index in [1.54, 1.807) is 0 Å². The summed E-state index contributed by atoms with van der Waals surface area (Å²) in [5.74, 6) is 0. The molecule has 0 unspecified atom stereocenters. The number of hydrogen-bond donors (Lipinski definition) is 0. The molecule has 0 saturated heterocycles. The quantitative estimate of drug-likeness (QED) is 0.340. The molecule has 0 heterocycles. The Morgan fingerprint density at radius 2 is 1.00 bits per heavy atom.